The molecule has 4 rings (SSSR count). The highest BCUT2D eigenvalue weighted by Crippen LogP contribution is 2.30. The predicted molar refractivity (Wildman–Crippen MR) is 93.1 cm³/mol. The van der Waals surface area contributed by atoms with Crippen LogP contribution in [0.5, 0.6) is 0 Å². The van der Waals surface area contributed by atoms with Gasteiger partial charge in [0, 0.05) is 30.6 Å². The van der Waals surface area contributed by atoms with Crippen LogP contribution in [0.1, 0.15) is 5.69 Å². The molecular weight excluding hydrogens is 342 g/mol. The molecule has 4 aromatic rings. The largest absolute Gasteiger partial charge is 0.345 e. The molecule has 0 aliphatic carbocycles. The monoisotopic (exact) mass is 353 g/mol. The number of aryl methyl sites for hydroxylation is 2. The quantitative estimate of drug-likeness (QED) is 0.554. The average molecular weight is 354 g/mol. The van der Waals surface area contributed by atoms with E-state index in [1.807, 2.05) is 13.0 Å². The van der Waals surface area contributed by atoms with Crippen LogP contribution < -0.4 is 5.43 Å². The smallest absolute Gasteiger partial charge is 0.209 e. The molecule has 0 saturated carbocycles. The van der Waals surface area contributed by atoms with E-state index in [1.54, 1.807) is 19.3 Å². The van der Waals surface area contributed by atoms with Crippen LogP contribution in [0.15, 0.2) is 35.4 Å². The highest BCUT2D eigenvalue weighted by Gasteiger charge is 2.18. The van der Waals surface area contributed by atoms with Crippen molar-refractivity contribution in [2.24, 2.45) is 7.05 Å². The third-order valence-electron chi connectivity index (χ3n) is 3.62. The summed E-state index contributed by atoms with van der Waals surface area (Å²) < 4.78 is 0. The van der Waals surface area contributed by atoms with Gasteiger partial charge in [0.05, 0.1) is 11.9 Å². The third-order valence-corrected chi connectivity index (χ3v) is 3.82. The standard InChI is InChI=1S/C16H12ClN7O/c1-8-5-9(6-12(17)20-8)13-14(10-7-19-24(2)23-10)22-16-15(21-13)11(25)3-4-18-16/h3-7H,1-2H3,(H,18,22,25). The molecule has 8 nitrogen and oxygen atoms in total. The first kappa shape index (κ1) is 15.4. The molecule has 0 saturated heterocycles. The molecule has 0 fully saturated rings. The minimum atomic E-state index is -0.218. The molecule has 0 bridgehead atoms. The van der Waals surface area contributed by atoms with Crippen LogP contribution in [0.3, 0.4) is 0 Å². The molecule has 124 valence electrons. The molecule has 0 spiro atoms. The summed E-state index contributed by atoms with van der Waals surface area (Å²) in [6.07, 6.45) is 3.13. The van der Waals surface area contributed by atoms with Crippen molar-refractivity contribution in [3.8, 4) is 22.6 Å². The van der Waals surface area contributed by atoms with Gasteiger partial charge >= 0.3 is 0 Å². The van der Waals surface area contributed by atoms with Crippen LogP contribution in [0.2, 0.25) is 5.15 Å². The summed E-state index contributed by atoms with van der Waals surface area (Å²) in [5.74, 6) is 0. The van der Waals surface area contributed by atoms with Gasteiger partial charge in [-0.25, -0.2) is 15.0 Å². The van der Waals surface area contributed by atoms with Gasteiger partial charge in [-0.2, -0.15) is 15.0 Å². The van der Waals surface area contributed by atoms with Gasteiger partial charge in [0.1, 0.15) is 16.5 Å². The second kappa shape index (κ2) is 5.75. The first-order valence-electron chi connectivity index (χ1n) is 7.42. The average Bonchev–Trinajstić information content (AvgIpc) is 2.99. The topological polar surface area (TPSA) is 102 Å². The Morgan fingerprint density at radius 1 is 1.16 bits per heavy atom. The van der Waals surface area contributed by atoms with Gasteiger partial charge in [0.25, 0.3) is 0 Å². The van der Waals surface area contributed by atoms with Crippen LogP contribution in [-0.4, -0.2) is 34.9 Å². The fourth-order valence-corrected chi connectivity index (χ4v) is 2.83. The molecule has 1 N–H and O–H groups in total. The van der Waals surface area contributed by atoms with Gasteiger partial charge in [-0.05, 0) is 19.1 Å². The Morgan fingerprint density at radius 3 is 2.72 bits per heavy atom. The zero-order valence-corrected chi connectivity index (χ0v) is 14.1. The van der Waals surface area contributed by atoms with Crippen molar-refractivity contribution in [3.63, 3.8) is 0 Å². The van der Waals surface area contributed by atoms with E-state index < -0.39 is 0 Å². The number of aromatic amines is 1. The summed E-state index contributed by atoms with van der Waals surface area (Å²) in [4.78, 5) is 29.8. The second-order valence-corrected chi connectivity index (χ2v) is 5.89. The molecule has 25 heavy (non-hydrogen) atoms. The van der Waals surface area contributed by atoms with Crippen molar-refractivity contribution in [3.05, 3.63) is 51.7 Å². The Kier molecular flexibility index (Phi) is 3.54. The molecule has 0 radical (unpaired) electrons. The second-order valence-electron chi connectivity index (χ2n) is 5.50. The first-order valence-corrected chi connectivity index (χ1v) is 7.80. The van der Waals surface area contributed by atoms with E-state index in [9.17, 15) is 4.79 Å². The number of halogens is 1. The number of H-pyrrole nitrogens is 1. The lowest BCUT2D eigenvalue weighted by Crippen LogP contribution is -2.07. The summed E-state index contributed by atoms with van der Waals surface area (Å²) >= 11 is 6.09. The summed E-state index contributed by atoms with van der Waals surface area (Å²) in [6, 6.07) is 4.92. The molecule has 9 heteroatoms. The molecule has 0 aliphatic rings. The Balaban J connectivity index is 2.09. The number of pyridine rings is 2. The molecule has 0 aromatic carbocycles. The number of hydrogen-bond donors (Lipinski definition) is 1. The Hall–Kier alpha value is -3.13. The number of rotatable bonds is 2. The van der Waals surface area contributed by atoms with Crippen LogP contribution in [0.4, 0.5) is 0 Å². The molecule has 0 amide bonds. The van der Waals surface area contributed by atoms with Gasteiger partial charge in [-0.15, -0.1) is 0 Å². The normalized spacial score (nSPS) is 11.2. The highest BCUT2D eigenvalue weighted by molar-refractivity contribution is 6.29. The van der Waals surface area contributed by atoms with Crippen LogP contribution in [0.25, 0.3) is 33.8 Å². The van der Waals surface area contributed by atoms with Crippen molar-refractivity contribution in [2.45, 2.75) is 6.92 Å². The lowest BCUT2D eigenvalue weighted by molar-refractivity contribution is 0.655. The maximum absolute atomic E-state index is 12.2. The van der Waals surface area contributed by atoms with Crippen LogP contribution >= 0.6 is 11.6 Å². The van der Waals surface area contributed by atoms with Gasteiger partial charge in [0.15, 0.2) is 11.2 Å². The third kappa shape index (κ3) is 2.76. The summed E-state index contributed by atoms with van der Waals surface area (Å²) in [5.41, 5.74) is 3.39. The Labute approximate surface area is 146 Å². The van der Waals surface area contributed by atoms with Gasteiger partial charge in [0.2, 0.25) is 5.43 Å². The molecule has 0 aliphatic heterocycles. The number of aromatic nitrogens is 7. The molecular formula is C16H12ClN7O. The van der Waals surface area contributed by atoms with Crippen LogP contribution in [0, 0.1) is 6.92 Å². The van der Waals surface area contributed by atoms with Gasteiger partial charge < -0.3 is 4.98 Å². The summed E-state index contributed by atoms with van der Waals surface area (Å²) in [7, 11) is 1.72. The molecule has 4 heterocycles. The highest BCUT2D eigenvalue weighted by atomic mass is 35.5. The Morgan fingerprint density at radius 2 is 2.00 bits per heavy atom. The molecule has 0 unspecified atom stereocenters. The van der Waals surface area contributed by atoms with Gasteiger partial charge in [-0.3, -0.25) is 4.79 Å². The number of nitrogens with zero attached hydrogens (tertiary/aromatic N) is 6. The maximum Gasteiger partial charge on any atom is 0.209 e. The predicted octanol–water partition coefficient (Wildman–Crippen LogP) is 2.14. The minimum Gasteiger partial charge on any atom is -0.345 e. The number of hydrogen-bond acceptors (Lipinski definition) is 6. The van der Waals surface area contributed by atoms with E-state index in [4.69, 9.17) is 11.6 Å². The zero-order chi connectivity index (χ0) is 17.6. The molecule has 4 aromatic heterocycles. The fourth-order valence-electron chi connectivity index (χ4n) is 2.58. The van der Waals surface area contributed by atoms with E-state index in [0.717, 1.165) is 5.69 Å². The van der Waals surface area contributed by atoms with Gasteiger partial charge in [-0.1, -0.05) is 11.6 Å². The molecule has 0 atom stereocenters. The number of fused-ring (bicyclic) bond motifs is 1. The Bertz CT molecular complexity index is 1140. The lowest BCUT2D eigenvalue weighted by atomic mass is 10.1. The van der Waals surface area contributed by atoms with Crippen molar-refractivity contribution in [1.29, 1.82) is 0 Å². The maximum atomic E-state index is 12.2. The lowest BCUT2D eigenvalue weighted by Gasteiger charge is -2.09. The van der Waals surface area contributed by atoms with E-state index in [2.05, 4.69) is 30.1 Å². The van der Waals surface area contributed by atoms with E-state index in [0.29, 0.717) is 33.4 Å². The van der Waals surface area contributed by atoms with E-state index >= 15 is 0 Å². The fraction of sp³-hybridized carbons (Fsp3) is 0.125. The summed E-state index contributed by atoms with van der Waals surface area (Å²) in [6.45, 7) is 1.83. The zero-order valence-electron chi connectivity index (χ0n) is 13.4. The van der Waals surface area contributed by atoms with E-state index in [-0.39, 0.29) is 10.9 Å². The van der Waals surface area contributed by atoms with E-state index in [1.165, 1.54) is 17.1 Å². The number of nitrogens with one attached hydrogen (secondary N) is 1. The van der Waals surface area contributed by atoms with Crippen LogP contribution in [-0.2, 0) is 7.05 Å². The first-order chi connectivity index (χ1) is 12.0. The SMILES string of the molecule is Cc1cc(-c2nc3c(=O)cc[nH]c3nc2-c2cnn(C)n2)cc(Cl)n1. The van der Waals surface area contributed by atoms with Crippen molar-refractivity contribution < 1.29 is 0 Å². The van der Waals surface area contributed by atoms with Crippen molar-refractivity contribution >= 4 is 22.8 Å². The van der Waals surface area contributed by atoms with Crippen molar-refractivity contribution in [1.82, 2.24) is 34.9 Å². The van der Waals surface area contributed by atoms with Crippen molar-refractivity contribution in [2.75, 3.05) is 0 Å². The summed E-state index contributed by atoms with van der Waals surface area (Å²) in [5, 5.41) is 8.73. The minimum absolute atomic E-state index is 0.218.